The molecule has 0 radical (unpaired) electrons. The van der Waals surface area contributed by atoms with E-state index in [4.69, 9.17) is 4.74 Å². The number of nitrogens with zero attached hydrogens (tertiary/aromatic N) is 1. The van der Waals surface area contributed by atoms with Gasteiger partial charge in [-0.2, -0.15) is 0 Å². The van der Waals surface area contributed by atoms with Crippen molar-refractivity contribution in [1.29, 1.82) is 0 Å². The standard InChI is InChI=1S/C19H27N3O3S2/c1-15(20-27(3,23)24)19(18-5-4-14-26-18)22-12-10-21(11-13-22)16-6-8-17(25-2)9-7-16/h4-9,14-15,19-20H,10-13H2,1-3H3/p+1/t15-,19+/m1/s1. The van der Waals surface area contributed by atoms with E-state index in [1.165, 1.54) is 21.7 Å². The van der Waals surface area contributed by atoms with Gasteiger partial charge < -0.3 is 14.5 Å². The molecule has 0 unspecified atom stereocenters. The fraction of sp³-hybridized carbons (Fsp3) is 0.474. The molecule has 8 heteroatoms. The summed E-state index contributed by atoms with van der Waals surface area (Å²) in [6.45, 7) is 5.77. The van der Waals surface area contributed by atoms with Gasteiger partial charge in [0.25, 0.3) is 0 Å². The molecule has 0 bridgehead atoms. The van der Waals surface area contributed by atoms with E-state index >= 15 is 0 Å². The topological polar surface area (TPSA) is 63.1 Å². The minimum absolute atomic E-state index is 0.123. The summed E-state index contributed by atoms with van der Waals surface area (Å²) in [5, 5.41) is 2.06. The van der Waals surface area contributed by atoms with E-state index in [1.807, 2.05) is 25.1 Å². The van der Waals surface area contributed by atoms with Crippen molar-refractivity contribution in [1.82, 2.24) is 4.72 Å². The maximum Gasteiger partial charge on any atom is 0.209 e. The maximum absolute atomic E-state index is 11.8. The van der Waals surface area contributed by atoms with Crippen LogP contribution >= 0.6 is 11.3 Å². The second kappa shape index (κ2) is 8.60. The van der Waals surface area contributed by atoms with E-state index in [9.17, 15) is 8.42 Å². The van der Waals surface area contributed by atoms with Crippen LogP contribution < -0.4 is 19.3 Å². The lowest BCUT2D eigenvalue weighted by molar-refractivity contribution is -0.933. The zero-order valence-electron chi connectivity index (χ0n) is 16.0. The summed E-state index contributed by atoms with van der Waals surface area (Å²) < 4.78 is 31.5. The monoisotopic (exact) mass is 410 g/mol. The van der Waals surface area contributed by atoms with Gasteiger partial charge in [-0.3, -0.25) is 0 Å². The molecule has 1 fully saturated rings. The van der Waals surface area contributed by atoms with E-state index in [0.717, 1.165) is 31.9 Å². The first kappa shape index (κ1) is 20.1. The maximum atomic E-state index is 11.8. The smallest absolute Gasteiger partial charge is 0.209 e. The van der Waals surface area contributed by atoms with E-state index in [-0.39, 0.29) is 12.1 Å². The number of thiophene rings is 1. The van der Waals surface area contributed by atoms with Crippen LogP contribution in [0.5, 0.6) is 5.75 Å². The molecule has 2 atom stereocenters. The molecular formula is C19H28N3O3S2+. The molecule has 27 heavy (non-hydrogen) atoms. The second-order valence-electron chi connectivity index (χ2n) is 7.02. The molecule has 0 spiro atoms. The van der Waals surface area contributed by atoms with Gasteiger partial charge in [-0.05, 0) is 42.6 Å². The third kappa shape index (κ3) is 5.22. The number of sulfonamides is 1. The van der Waals surface area contributed by atoms with Crippen LogP contribution in [-0.4, -0.2) is 54.0 Å². The highest BCUT2D eigenvalue weighted by molar-refractivity contribution is 7.88. The van der Waals surface area contributed by atoms with Gasteiger partial charge in [0.1, 0.15) is 11.8 Å². The summed E-state index contributed by atoms with van der Waals surface area (Å²) in [4.78, 5) is 5.03. The van der Waals surface area contributed by atoms with Crippen LogP contribution in [0.3, 0.4) is 0 Å². The number of ether oxygens (including phenoxy) is 1. The van der Waals surface area contributed by atoms with Crippen molar-refractivity contribution in [3.8, 4) is 5.75 Å². The van der Waals surface area contributed by atoms with Crippen molar-refractivity contribution >= 4 is 27.0 Å². The van der Waals surface area contributed by atoms with Gasteiger partial charge in [0, 0.05) is 5.69 Å². The van der Waals surface area contributed by atoms with Crippen LogP contribution in [0.4, 0.5) is 5.69 Å². The van der Waals surface area contributed by atoms with Crippen LogP contribution in [0.2, 0.25) is 0 Å². The Kier molecular flexibility index (Phi) is 6.41. The van der Waals surface area contributed by atoms with E-state index in [1.54, 1.807) is 18.4 Å². The Morgan fingerprint density at radius 3 is 2.37 bits per heavy atom. The normalized spacial score (nSPS) is 18.3. The van der Waals surface area contributed by atoms with Gasteiger partial charge in [0.05, 0.1) is 50.5 Å². The van der Waals surface area contributed by atoms with Crippen molar-refractivity contribution in [2.45, 2.75) is 19.0 Å². The lowest BCUT2D eigenvalue weighted by Crippen LogP contribution is -3.16. The average Bonchev–Trinajstić information content (AvgIpc) is 3.15. The lowest BCUT2D eigenvalue weighted by Gasteiger charge is -2.39. The summed E-state index contributed by atoms with van der Waals surface area (Å²) in [7, 11) is -1.57. The minimum atomic E-state index is -3.24. The Bertz CT molecular complexity index is 814. The van der Waals surface area contributed by atoms with Crippen molar-refractivity contribution in [3.63, 3.8) is 0 Å². The van der Waals surface area contributed by atoms with Crippen LogP contribution in [-0.2, 0) is 10.0 Å². The highest BCUT2D eigenvalue weighted by Crippen LogP contribution is 2.22. The minimum Gasteiger partial charge on any atom is -0.497 e. The molecule has 1 saturated heterocycles. The predicted molar refractivity (Wildman–Crippen MR) is 110 cm³/mol. The molecule has 2 N–H and O–H groups in total. The quantitative estimate of drug-likeness (QED) is 0.719. The Morgan fingerprint density at radius 2 is 1.85 bits per heavy atom. The third-order valence-electron chi connectivity index (χ3n) is 5.03. The predicted octanol–water partition coefficient (Wildman–Crippen LogP) is 1.14. The molecule has 3 rings (SSSR count). The molecule has 2 aromatic rings. The molecular weight excluding hydrogens is 382 g/mol. The van der Waals surface area contributed by atoms with Crippen molar-refractivity contribution in [2.75, 3.05) is 44.4 Å². The Labute approximate surface area is 165 Å². The summed E-state index contributed by atoms with van der Waals surface area (Å²) in [6, 6.07) is 12.3. The first-order valence-electron chi connectivity index (χ1n) is 9.11. The number of hydrogen-bond donors (Lipinski definition) is 2. The Balaban J connectivity index is 1.70. The fourth-order valence-electron chi connectivity index (χ4n) is 3.83. The van der Waals surface area contributed by atoms with E-state index in [0.29, 0.717) is 0 Å². The van der Waals surface area contributed by atoms with Crippen molar-refractivity contribution < 1.29 is 18.1 Å². The molecule has 148 valence electrons. The number of rotatable bonds is 7. The molecule has 1 aliphatic rings. The number of quaternary nitrogens is 1. The zero-order valence-corrected chi connectivity index (χ0v) is 17.6. The number of benzene rings is 1. The molecule has 2 heterocycles. The van der Waals surface area contributed by atoms with Gasteiger partial charge in [-0.25, -0.2) is 13.1 Å². The molecule has 0 amide bonds. The Morgan fingerprint density at radius 1 is 1.19 bits per heavy atom. The van der Waals surface area contributed by atoms with Gasteiger partial charge in [-0.15, -0.1) is 11.3 Å². The second-order valence-corrected chi connectivity index (χ2v) is 9.77. The first-order valence-corrected chi connectivity index (χ1v) is 11.9. The molecule has 1 aromatic heterocycles. The molecule has 0 aliphatic carbocycles. The number of methoxy groups -OCH3 is 1. The molecule has 6 nitrogen and oxygen atoms in total. The van der Waals surface area contributed by atoms with Gasteiger partial charge in [0.15, 0.2) is 0 Å². The molecule has 0 saturated carbocycles. The van der Waals surface area contributed by atoms with Crippen LogP contribution in [0.15, 0.2) is 41.8 Å². The van der Waals surface area contributed by atoms with Crippen LogP contribution in [0, 0.1) is 0 Å². The number of hydrogen-bond acceptors (Lipinski definition) is 5. The van der Waals surface area contributed by atoms with Gasteiger partial charge in [0.2, 0.25) is 10.0 Å². The van der Waals surface area contributed by atoms with E-state index in [2.05, 4.69) is 33.2 Å². The number of piperazine rings is 1. The number of anilines is 1. The molecule has 1 aliphatic heterocycles. The first-order chi connectivity index (χ1) is 12.9. The highest BCUT2D eigenvalue weighted by Gasteiger charge is 2.34. The highest BCUT2D eigenvalue weighted by atomic mass is 32.2. The van der Waals surface area contributed by atoms with Crippen LogP contribution in [0.25, 0.3) is 0 Å². The third-order valence-corrected chi connectivity index (χ3v) is 6.79. The average molecular weight is 411 g/mol. The van der Waals surface area contributed by atoms with Crippen LogP contribution in [0.1, 0.15) is 17.8 Å². The van der Waals surface area contributed by atoms with E-state index < -0.39 is 10.0 Å². The zero-order chi connectivity index (χ0) is 19.4. The summed E-state index contributed by atoms with van der Waals surface area (Å²) in [6.07, 6.45) is 1.23. The fourth-order valence-corrected chi connectivity index (χ4v) is 5.63. The summed E-state index contributed by atoms with van der Waals surface area (Å²) in [5.74, 6) is 0.862. The SMILES string of the molecule is COc1ccc(N2CC[NH+]([C@H](c3cccs3)[C@@H](C)NS(C)(=O)=O)CC2)cc1. The van der Waals surface area contributed by atoms with Gasteiger partial charge in [-0.1, -0.05) is 6.07 Å². The summed E-state index contributed by atoms with van der Waals surface area (Å²) in [5.41, 5.74) is 1.20. The van der Waals surface area contributed by atoms with Crippen molar-refractivity contribution in [3.05, 3.63) is 46.7 Å². The number of nitrogens with one attached hydrogen (secondary N) is 2. The van der Waals surface area contributed by atoms with Crippen molar-refractivity contribution in [2.24, 2.45) is 0 Å². The lowest BCUT2D eigenvalue weighted by atomic mass is 10.1. The molecule has 1 aromatic carbocycles. The van der Waals surface area contributed by atoms with Gasteiger partial charge >= 0.3 is 0 Å². The largest absolute Gasteiger partial charge is 0.497 e. The Hall–Kier alpha value is -1.61. The summed E-state index contributed by atoms with van der Waals surface area (Å²) >= 11 is 1.70.